The van der Waals surface area contributed by atoms with Crippen molar-refractivity contribution in [3.63, 3.8) is 0 Å². The van der Waals surface area contributed by atoms with E-state index in [2.05, 4.69) is 0 Å². The molecule has 0 radical (unpaired) electrons. The predicted molar refractivity (Wildman–Crippen MR) is 77.6 cm³/mol. The molecule has 1 saturated heterocycles. The lowest BCUT2D eigenvalue weighted by Crippen LogP contribution is -2.57. The van der Waals surface area contributed by atoms with Crippen LogP contribution in [0.1, 0.15) is 71.6 Å². The summed E-state index contributed by atoms with van der Waals surface area (Å²) in [4.78, 5) is 37.1. The standard InChI is InChI=1S/C16H25NO4/c1-15(2,9-6-14(20)21)17-12(18)10-16(11-13(17)19)7-4-3-5-8-16/h3-11H2,1-2H3,(H,20,21). The maximum atomic E-state index is 12.5. The number of carboxylic acids is 1. The van der Waals surface area contributed by atoms with Crippen molar-refractivity contribution in [1.29, 1.82) is 0 Å². The highest BCUT2D eigenvalue weighted by Gasteiger charge is 2.48. The van der Waals surface area contributed by atoms with E-state index in [0.717, 1.165) is 25.7 Å². The summed E-state index contributed by atoms with van der Waals surface area (Å²) in [6.07, 6.45) is 6.47. The lowest BCUT2D eigenvalue weighted by molar-refractivity contribution is -0.162. The summed E-state index contributed by atoms with van der Waals surface area (Å²) in [5.74, 6) is -1.14. The Labute approximate surface area is 125 Å². The van der Waals surface area contributed by atoms with Gasteiger partial charge in [0.05, 0.1) is 0 Å². The third kappa shape index (κ3) is 3.44. The molecule has 2 rings (SSSR count). The van der Waals surface area contributed by atoms with Gasteiger partial charge in [-0.15, -0.1) is 0 Å². The molecule has 0 aromatic heterocycles. The Morgan fingerprint density at radius 2 is 1.67 bits per heavy atom. The number of imide groups is 1. The SMILES string of the molecule is CC(C)(CCC(=O)O)N1C(=O)CC2(CCCCC2)CC1=O. The van der Waals surface area contributed by atoms with Crippen LogP contribution in [-0.2, 0) is 14.4 Å². The largest absolute Gasteiger partial charge is 0.481 e. The molecule has 1 N–H and O–H groups in total. The number of hydrogen-bond donors (Lipinski definition) is 1. The zero-order chi connectivity index (χ0) is 15.7. The monoisotopic (exact) mass is 295 g/mol. The van der Waals surface area contributed by atoms with Gasteiger partial charge in [0.25, 0.3) is 0 Å². The Balaban J connectivity index is 2.10. The van der Waals surface area contributed by atoms with Gasteiger partial charge in [0.15, 0.2) is 0 Å². The van der Waals surface area contributed by atoms with Gasteiger partial charge in [0.1, 0.15) is 0 Å². The number of carboxylic acid groups (broad SMARTS) is 1. The molecule has 0 unspecified atom stereocenters. The van der Waals surface area contributed by atoms with Gasteiger partial charge in [0, 0.05) is 24.8 Å². The number of hydrogen-bond acceptors (Lipinski definition) is 3. The molecule has 1 aliphatic carbocycles. The van der Waals surface area contributed by atoms with Crippen molar-refractivity contribution in [3.05, 3.63) is 0 Å². The molecule has 1 saturated carbocycles. The lowest BCUT2D eigenvalue weighted by atomic mass is 9.67. The number of aliphatic carboxylic acids is 1. The molecular formula is C16H25NO4. The Morgan fingerprint density at radius 1 is 1.14 bits per heavy atom. The Bertz CT molecular complexity index is 429. The second-order valence-corrected chi connectivity index (χ2v) is 7.24. The number of rotatable bonds is 4. The summed E-state index contributed by atoms with van der Waals surface area (Å²) in [7, 11) is 0. The van der Waals surface area contributed by atoms with Gasteiger partial charge >= 0.3 is 5.97 Å². The highest BCUT2D eigenvalue weighted by molar-refractivity contribution is 5.99. The third-order valence-corrected chi connectivity index (χ3v) is 5.02. The van der Waals surface area contributed by atoms with Crippen LogP contribution in [0.15, 0.2) is 0 Å². The molecule has 5 nitrogen and oxygen atoms in total. The number of piperidine rings is 1. The van der Waals surface area contributed by atoms with E-state index in [1.165, 1.54) is 11.3 Å². The van der Waals surface area contributed by atoms with Crippen molar-refractivity contribution in [2.75, 3.05) is 0 Å². The average Bonchev–Trinajstić information content (AvgIpc) is 2.36. The van der Waals surface area contributed by atoms with Crippen molar-refractivity contribution < 1.29 is 19.5 Å². The smallest absolute Gasteiger partial charge is 0.303 e. The normalized spacial score (nSPS) is 22.7. The van der Waals surface area contributed by atoms with Crippen molar-refractivity contribution >= 4 is 17.8 Å². The fraction of sp³-hybridized carbons (Fsp3) is 0.812. The molecule has 1 heterocycles. The molecule has 1 spiro atoms. The molecule has 2 amide bonds. The molecular weight excluding hydrogens is 270 g/mol. The van der Waals surface area contributed by atoms with Gasteiger partial charge in [-0.1, -0.05) is 19.3 Å². The molecule has 0 atom stereocenters. The Kier molecular flexibility index (Phi) is 4.40. The molecule has 1 aliphatic heterocycles. The maximum absolute atomic E-state index is 12.5. The third-order valence-electron chi connectivity index (χ3n) is 5.02. The van der Waals surface area contributed by atoms with Gasteiger partial charge < -0.3 is 5.11 Å². The minimum atomic E-state index is -0.899. The van der Waals surface area contributed by atoms with Gasteiger partial charge in [-0.3, -0.25) is 19.3 Å². The van der Waals surface area contributed by atoms with E-state index in [-0.39, 0.29) is 23.7 Å². The summed E-state index contributed by atoms with van der Waals surface area (Å²) < 4.78 is 0. The second kappa shape index (κ2) is 5.78. The Hall–Kier alpha value is -1.39. The molecule has 118 valence electrons. The number of amides is 2. The van der Waals surface area contributed by atoms with E-state index in [9.17, 15) is 14.4 Å². The van der Waals surface area contributed by atoms with Gasteiger partial charge in [-0.2, -0.15) is 0 Å². The first-order valence-electron chi connectivity index (χ1n) is 7.84. The summed E-state index contributed by atoms with van der Waals surface area (Å²) >= 11 is 0. The molecule has 0 bridgehead atoms. The number of carbonyl (C=O) groups is 3. The summed E-state index contributed by atoms with van der Waals surface area (Å²) in [5.41, 5.74) is -0.839. The molecule has 2 aliphatic rings. The maximum Gasteiger partial charge on any atom is 0.303 e. The summed E-state index contributed by atoms with van der Waals surface area (Å²) in [6.45, 7) is 3.56. The van der Waals surface area contributed by atoms with Gasteiger partial charge in [-0.25, -0.2) is 0 Å². The highest BCUT2D eigenvalue weighted by atomic mass is 16.4. The molecule has 2 fully saturated rings. The van der Waals surface area contributed by atoms with Gasteiger partial charge in [-0.05, 0) is 38.5 Å². The van der Waals surface area contributed by atoms with Crippen LogP contribution in [0.5, 0.6) is 0 Å². The average molecular weight is 295 g/mol. The van der Waals surface area contributed by atoms with Crippen molar-refractivity contribution in [1.82, 2.24) is 4.90 Å². The Morgan fingerprint density at radius 3 is 2.14 bits per heavy atom. The highest BCUT2D eigenvalue weighted by Crippen LogP contribution is 2.46. The van der Waals surface area contributed by atoms with Crippen LogP contribution in [0.3, 0.4) is 0 Å². The first kappa shape index (κ1) is 16.0. The topological polar surface area (TPSA) is 74.7 Å². The van der Waals surface area contributed by atoms with Crippen LogP contribution >= 0.6 is 0 Å². The minimum Gasteiger partial charge on any atom is -0.481 e. The van der Waals surface area contributed by atoms with Crippen LogP contribution in [0, 0.1) is 5.41 Å². The molecule has 0 aromatic carbocycles. The fourth-order valence-electron chi connectivity index (χ4n) is 3.86. The lowest BCUT2D eigenvalue weighted by Gasteiger charge is -2.47. The molecule has 0 aromatic rings. The summed E-state index contributed by atoms with van der Waals surface area (Å²) in [5, 5.41) is 8.82. The van der Waals surface area contributed by atoms with Gasteiger partial charge in [0.2, 0.25) is 11.8 Å². The zero-order valence-corrected chi connectivity index (χ0v) is 13.0. The van der Waals surface area contributed by atoms with Crippen LogP contribution in [0.25, 0.3) is 0 Å². The fourth-order valence-corrected chi connectivity index (χ4v) is 3.86. The van der Waals surface area contributed by atoms with E-state index in [0.29, 0.717) is 19.3 Å². The van der Waals surface area contributed by atoms with Crippen LogP contribution < -0.4 is 0 Å². The minimum absolute atomic E-state index is 0.0325. The molecule has 5 heteroatoms. The molecule has 21 heavy (non-hydrogen) atoms. The number of likely N-dealkylation sites (tertiary alicyclic amines) is 1. The predicted octanol–water partition coefficient (Wildman–Crippen LogP) is 2.73. The van der Waals surface area contributed by atoms with Crippen LogP contribution in [0.4, 0.5) is 0 Å². The van der Waals surface area contributed by atoms with Crippen molar-refractivity contribution in [3.8, 4) is 0 Å². The van der Waals surface area contributed by atoms with E-state index in [4.69, 9.17) is 5.11 Å². The van der Waals surface area contributed by atoms with Crippen LogP contribution in [-0.4, -0.2) is 33.3 Å². The van der Waals surface area contributed by atoms with E-state index in [1.807, 2.05) is 0 Å². The second-order valence-electron chi connectivity index (χ2n) is 7.24. The van der Waals surface area contributed by atoms with Crippen molar-refractivity contribution in [2.24, 2.45) is 5.41 Å². The first-order valence-corrected chi connectivity index (χ1v) is 7.84. The van der Waals surface area contributed by atoms with E-state index >= 15 is 0 Å². The van der Waals surface area contributed by atoms with Crippen LogP contribution in [0.2, 0.25) is 0 Å². The number of carbonyl (C=O) groups excluding carboxylic acids is 2. The number of nitrogens with zero attached hydrogens (tertiary/aromatic N) is 1. The van der Waals surface area contributed by atoms with E-state index < -0.39 is 11.5 Å². The zero-order valence-electron chi connectivity index (χ0n) is 13.0. The first-order chi connectivity index (χ1) is 9.76. The quantitative estimate of drug-likeness (QED) is 0.809. The van der Waals surface area contributed by atoms with Crippen molar-refractivity contribution in [2.45, 2.75) is 77.2 Å². The van der Waals surface area contributed by atoms with E-state index in [1.54, 1.807) is 13.8 Å². The summed E-state index contributed by atoms with van der Waals surface area (Å²) in [6, 6.07) is 0.